The van der Waals surface area contributed by atoms with Crippen LogP contribution in [0.5, 0.6) is 0 Å². The maximum absolute atomic E-state index is 12.3. The minimum Gasteiger partial charge on any atom is -0.439 e. The quantitative estimate of drug-likeness (QED) is 0.847. The van der Waals surface area contributed by atoms with Crippen LogP contribution in [0.4, 0.5) is 5.69 Å². The molecular weight excluding hydrogens is 268 g/mol. The number of amides is 1. The summed E-state index contributed by atoms with van der Waals surface area (Å²) in [6.45, 7) is 5.91. The minimum atomic E-state index is -0.549. The van der Waals surface area contributed by atoms with Gasteiger partial charge in [-0.25, -0.2) is 4.98 Å². The lowest BCUT2D eigenvalue weighted by molar-refractivity contribution is -0.147. The van der Waals surface area contributed by atoms with E-state index in [1.807, 2.05) is 27.0 Å². The summed E-state index contributed by atoms with van der Waals surface area (Å²) < 4.78 is 5.75. The molecule has 6 nitrogen and oxygen atoms in total. The normalized spacial score (nSPS) is 19.4. The Morgan fingerprint density at radius 2 is 2.14 bits per heavy atom. The average molecular weight is 288 g/mol. The van der Waals surface area contributed by atoms with E-state index >= 15 is 0 Å². The monoisotopic (exact) mass is 288 g/mol. The molecule has 6 heteroatoms. The van der Waals surface area contributed by atoms with Crippen LogP contribution < -0.4 is 5.73 Å². The van der Waals surface area contributed by atoms with Gasteiger partial charge in [0.2, 0.25) is 11.8 Å². The third-order valence-corrected chi connectivity index (χ3v) is 4.15. The molecule has 1 saturated heterocycles. The predicted molar refractivity (Wildman–Crippen MR) is 80.5 cm³/mol. The van der Waals surface area contributed by atoms with Crippen molar-refractivity contribution in [2.75, 3.05) is 25.9 Å². The number of nitrogens with two attached hydrogens (primary N) is 1. The third kappa shape index (κ3) is 2.35. The molecule has 1 amide bonds. The van der Waals surface area contributed by atoms with Gasteiger partial charge in [-0.1, -0.05) is 0 Å². The molecule has 1 aromatic carbocycles. The fourth-order valence-electron chi connectivity index (χ4n) is 2.75. The predicted octanol–water partition coefficient (Wildman–Crippen LogP) is 1.46. The Hall–Kier alpha value is -2.08. The molecule has 2 heterocycles. The van der Waals surface area contributed by atoms with Crippen LogP contribution in [-0.2, 0) is 11.3 Å². The largest absolute Gasteiger partial charge is 0.439 e. The molecule has 1 fully saturated rings. The van der Waals surface area contributed by atoms with Crippen molar-refractivity contribution in [1.82, 2.24) is 14.8 Å². The van der Waals surface area contributed by atoms with Gasteiger partial charge in [0.05, 0.1) is 12.1 Å². The Labute approximate surface area is 123 Å². The van der Waals surface area contributed by atoms with Crippen LogP contribution in [0.3, 0.4) is 0 Å². The molecule has 21 heavy (non-hydrogen) atoms. The standard InChI is InChI=1S/C15H20N4O2/c1-15(2)14(20)18(3)6-7-19(15)9-13-17-11-8-10(16)4-5-12(11)21-13/h4-5,8H,6-7,9,16H2,1-3H3. The van der Waals surface area contributed by atoms with Gasteiger partial charge >= 0.3 is 0 Å². The van der Waals surface area contributed by atoms with E-state index in [0.717, 1.165) is 24.2 Å². The first-order valence-electron chi connectivity index (χ1n) is 7.03. The van der Waals surface area contributed by atoms with E-state index in [1.54, 1.807) is 17.0 Å². The summed E-state index contributed by atoms with van der Waals surface area (Å²) >= 11 is 0. The number of piperazine rings is 1. The van der Waals surface area contributed by atoms with Crippen molar-refractivity contribution in [2.24, 2.45) is 0 Å². The van der Waals surface area contributed by atoms with E-state index in [9.17, 15) is 4.79 Å². The molecule has 112 valence electrons. The van der Waals surface area contributed by atoms with Gasteiger partial charge in [-0.05, 0) is 32.0 Å². The fraction of sp³-hybridized carbons (Fsp3) is 0.467. The number of carbonyl (C=O) groups is 1. The number of nitrogen functional groups attached to an aromatic ring is 1. The number of hydrogen-bond donors (Lipinski definition) is 1. The Kier molecular flexibility index (Phi) is 3.13. The highest BCUT2D eigenvalue weighted by molar-refractivity contribution is 5.86. The zero-order valence-electron chi connectivity index (χ0n) is 12.6. The van der Waals surface area contributed by atoms with Crippen LogP contribution in [0.1, 0.15) is 19.7 Å². The van der Waals surface area contributed by atoms with Crippen LogP contribution in [-0.4, -0.2) is 46.4 Å². The summed E-state index contributed by atoms with van der Waals surface area (Å²) in [5, 5.41) is 0. The minimum absolute atomic E-state index is 0.120. The van der Waals surface area contributed by atoms with Gasteiger partial charge in [-0.3, -0.25) is 9.69 Å². The SMILES string of the molecule is CN1CCN(Cc2nc3cc(N)ccc3o2)C(C)(C)C1=O. The molecule has 0 bridgehead atoms. The van der Waals surface area contributed by atoms with Gasteiger partial charge < -0.3 is 15.1 Å². The highest BCUT2D eigenvalue weighted by Gasteiger charge is 2.40. The smallest absolute Gasteiger partial charge is 0.242 e. The maximum Gasteiger partial charge on any atom is 0.242 e. The number of fused-ring (bicyclic) bond motifs is 1. The number of likely N-dealkylation sites (N-methyl/N-ethyl adjacent to an activating group) is 1. The second-order valence-electron chi connectivity index (χ2n) is 6.04. The second kappa shape index (κ2) is 4.73. The van der Waals surface area contributed by atoms with Crippen molar-refractivity contribution < 1.29 is 9.21 Å². The summed E-state index contributed by atoms with van der Waals surface area (Å²) in [5.41, 5.74) is 7.34. The van der Waals surface area contributed by atoms with Crippen molar-refractivity contribution in [2.45, 2.75) is 25.9 Å². The highest BCUT2D eigenvalue weighted by Crippen LogP contribution is 2.25. The summed E-state index contributed by atoms with van der Waals surface area (Å²) in [7, 11) is 1.84. The number of hydrogen-bond acceptors (Lipinski definition) is 5. The lowest BCUT2D eigenvalue weighted by Gasteiger charge is -2.44. The molecule has 0 radical (unpaired) electrons. The van der Waals surface area contributed by atoms with Crippen LogP contribution in [0.15, 0.2) is 22.6 Å². The van der Waals surface area contributed by atoms with E-state index in [1.165, 1.54) is 0 Å². The van der Waals surface area contributed by atoms with Crippen LogP contribution in [0, 0.1) is 0 Å². The van der Waals surface area contributed by atoms with Gasteiger partial charge in [-0.2, -0.15) is 0 Å². The first kappa shape index (κ1) is 13.9. The van der Waals surface area contributed by atoms with Crippen molar-refractivity contribution in [3.63, 3.8) is 0 Å². The number of carbonyl (C=O) groups excluding carboxylic acids is 1. The Morgan fingerprint density at radius 3 is 2.90 bits per heavy atom. The molecular formula is C15H20N4O2. The Balaban J connectivity index is 1.86. The molecule has 0 saturated carbocycles. The van der Waals surface area contributed by atoms with Crippen LogP contribution in [0.2, 0.25) is 0 Å². The molecule has 3 rings (SSSR count). The van der Waals surface area contributed by atoms with Crippen molar-refractivity contribution in [3.8, 4) is 0 Å². The van der Waals surface area contributed by atoms with E-state index in [2.05, 4.69) is 9.88 Å². The summed E-state index contributed by atoms with van der Waals surface area (Å²) in [5.74, 6) is 0.732. The lowest BCUT2D eigenvalue weighted by Crippen LogP contribution is -2.61. The Morgan fingerprint density at radius 1 is 1.38 bits per heavy atom. The van der Waals surface area contributed by atoms with Gasteiger partial charge in [0.1, 0.15) is 5.52 Å². The number of anilines is 1. The number of nitrogens with zero attached hydrogens (tertiary/aromatic N) is 3. The first-order valence-corrected chi connectivity index (χ1v) is 7.03. The van der Waals surface area contributed by atoms with E-state index < -0.39 is 5.54 Å². The number of oxazole rings is 1. The molecule has 0 spiro atoms. The second-order valence-corrected chi connectivity index (χ2v) is 6.04. The van der Waals surface area contributed by atoms with E-state index in [0.29, 0.717) is 18.1 Å². The molecule has 0 atom stereocenters. The third-order valence-electron chi connectivity index (χ3n) is 4.15. The molecule has 2 N–H and O–H groups in total. The molecule has 1 aliphatic heterocycles. The van der Waals surface area contributed by atoms with Crippen LogP contribution in [0.25, 0.3) is 11.1 Å². The summed E-state index contributed by atoms with van der Waals surface area (Å²) in [6, 6.07) is 5.41. The molecule has 1 aliphatic rings. The van der Waals surface area contributed by atoms with Crippen molar-refractivity contribution in [3.05, 3.63) is 24.1 Å². The molecule has 1 aromatic heterocycles. The maximum atomic E-state index is 12.3. The fourth-order valence-corrected chi connectivity index (χ4v) is 2.75. The average Bonchev–Trinajstić information content (AvgIpc) is 2.81. The van der Waals surface area contributed by atoms with Gasteiger partial charge in [0.15, 0.2) is 5.58 Å². The van der Waals surface area contributed by atoms with E-state index in [-0.39, 0.29) is 5.91 Å². The van der Waals surface area contributed by atoms with E-state index in [4.69, 9.17) is 10.2 Å². The first-order chi connectivity index (χ1) is 9.88. The van der Waals surface area contributed by atoms with Crippen LogP contribution >= 0.6 is 0 Å². The van der Waals surface area contributed by atoms with Crippen molar-refractivity contribution >= 4 is 22.7 Å². The zero-order chi connectivity index (χ0) is 15.2. The number of rotatable bonds is 2. The van der Waals surface area contributed by atoms with Gasteiger partial charge in [0.25, 0.3) is 0 Å². The molecule has 0 aliphatic carbocycles. The lowest BCUT2D eigenvalue weighted by atomic mass is 9.98. The summed E-state index contributed by atoms with van der Waals surface area (Å²) in [6.07, 6.45) is 0. The van der Waals surface area contributed by atoms with Crippen molar-refractivity contribution in [1.29, 1.82) is 0 Å². The zero-order valence-corrected chi connectivity index (χ0v) is 12.6. The number of benzene rings is 1. The van der Waals surface area contributed by atoms with Gasteiger partial charge in [-0.15, -0.1) is 0 Å². The van der Waals surface area contributed by atoms with Gasteiger partial charge in [0, 0.05) is 25.8 Å². The number of aromatic nitrogens is 1. The Bertz CT molecular complexity index is 692. The molecule has 0 unspecified atom stereocenters. The highest BCUT2D eigenvalue weighted by atomic mass is 16.3. The molecule has 2 aromatic rings. The summed E-state index contributed by atoms with van der Waals surface area (Å²) in [4.78, 5) is 20.6. The topological polar surface area (TPSA) is 75.6 Å².